The van der Waals surface area contributed by atoms with Crippen molar-refractivity contribution in [1.82, 2.24) is 19.7 Å². The molecule has 3 heterocycles. The van der Waals surface area contributed by atoms with Gasteiger partial charge in [0.05, 0.1) is 11.9 Å². The van der Waals surface area contributed by atoms with Gasteiger partial charge in [0.2, 0.25) is 0 Å². The van der Waals surface area contributed by atoms with Crippen LogP contribution in [0.25, 0.3) is 0 Å². The van der Waals surface area contributed by atoms with E-state index in [0.29, 0.717) is 43.5 Å². The van der Waals surface area contributed by atoms with Gasteiger partial charge in [-0.2, -0.15) is 5.10 Å². The summed E-state index contributed by atoms with van der Waals surface area (Å²) in [5.41, 5.74) is -0.294. The Bertz CT molecular complexity index is 905. The molecular formula is C18H20F4N6O. The second-order valence-electron chi connectivity index (χ2n) is 7.18. The Morgan fingerprint density at radius 2 is 1.69 bits per heavy atom. The molecule has 2 aromatic rings. The summed E-state index contributed by atoms with van der Waals surface area (Å²) in [6.45, 7) is 1.34. The van der Waals surface area contributed by atoms with Crippen LogP contribution in [0.2, 0.25) is 0 Å². The lowest BCUT2D eigenvalue weighted by Gasteiger charge is -2.36. The highest BCUT2D eigenvalue weighted by molar-refractivity contribution is 5.48. The van der Waals surface area contributed by atoms with E-state index >= 15 is 0 Å². The molecule has 29 heavy (non-hydrogen) atoms. The molecule has 156 valence electrons. The van der Waals surface area contributed by atoms with Gasteiger partial charge >= 0.3 is 0 Å². The van der Waals surface area contributed by atoms with Crippen LogP contribution < -0.4 is 15.4 Å². The molecule has 2 aromatic heterocycles. The van der Waals surface area contributed by atoms with Gasteiger partial charge in [-0.3, -0.25) is 4.79 Å². The summed E-state index contributed by atoms with van der Waals surface area (Å²) in [7, 11) is 0. The molecule has 4 rings (SSSR count). The van der Waals surface area contributed by atoms with Gasteiger partial charge in [0.15, 0.2) is 0 Å². The van der Waals surface area contributed by atoms with Crippen molar-refractivity contribution in [3.8, 4) is 0 Å². The minimum absolute atomic E-state index is 0.166. The van der Waals surface area contributed by atoms with E-state index in [-0.39, 0.29) is 11.6 Å². The van der Waals surface area contributed by atoms with Crippen LogP contribution in [0.5, 0.6) is 0 Å². The molecule has 0 N–H and O–H groups in total. The lowest BCUT2D eigenvalue weighted by atomic mass is 10.2. The Balaban J connectivity index is 1.46. The molecule has 0 radical (unpaired) electrons. The third kappa shape index (κ3) is 4.48. The first kappa shape index (κ1) is 19.6. The molecule has 1 aliphatic carbocycles. The average molecular weight is 412 g/mol. The molecule has 7 nitrogen and oxygen atoms in total. The molecule has 0 spiro atoms. The highest BCUT2D eigenvalue weighted by Gasteiger charge is 2.29. The van der Waals surface area contributed by atoms with Crippen LogP contribution in [0.1, 0.15) is 36.7 Å². The predicted octanol–water partition coefficient (Wildman–Crippen LogP) is 2.44. The summed E-state index contributed by atoms with van der Waals surface area (Å²) in [5, 5.41) is 3.80. The topological polar surface area (TPSA) is 67.2 Å². The molecule has 0 amide bonds. The number of halogens is 4. The second-order valence-corrected chi connectivity index (χ2v) is 7.18. The zero-order chi connectivity index (χ0) is 20.5. The fraction of sp³-hybridized carbons (Fsp3) is 0.556. The van der Waals surface area contributed by atoms with E-state index in [0.717, 1.165) is 17.5 Å². The second kappa shape index (κ2) is 7.96. The first-order valence-electron chi connectivity index (χ1n) is 9.43. The highest BCUT2D eigenvalue weighted by atomic mass is 19.3. The van der Waals surface area contributed by atoms with Crippen LogP contribution in [-0.4, -0.2) is 52.4 Å². The largest absolute Gasteiger partial charge is 0.367 e. The maximum atomic E-state index is 13.2. The molecule has 0 unspecified atom stereocenters. The minimum atomic E-state index is -2.65. The van der Waals surface area contributed by atoms with Crippen molar-refractivity contribution in [2.24, 2.45) is 0 Å². The molecule has 2 fully saturated rings. The van der Waals surface area contributed by atoms with E-state index < -0.39 is 25.0 Å². The van der Waals surface area contributed by atoms with Crippen molar-refractivity contribution in [2.45, 2.75) is 38.2 Å². The lowest BCUT2D eigenvalue weighted by Crippen LogP contribution is -2.47. The van der Waals surface area contributed by atoms with Gasteiger partial charge in [0.1, 0.15) is 23.9 Å². The smallest absolute Gasteiger partial charge is 0.280 e. The van der Waals surface area contributed by atoms with Crippen LogP contribution in [0, 0.1) is 0 Å². The van der Waals surface area contributed by atoms with Crippen molar-refractivity contribution in [1.29, 1.82) is 0 Å². The predicted molar refractivity (Wildman–Crippen MR) is 97.9 cm³/mol. The average Bonchev–Trinajstić information content (AvgIpc) is 3.54. The molecule has 1 aliphatic heterocycles. The third-order valence-corrected chi connectivity index (χ3v) is 5.05. The van der Waals surface area contributed by atoms with Gasteiger partial charge in [-0.1, -0.05) is 0 Å². The Hall–Kier alpha value is -2.72. The Morgan fingerprint density at radius 3 is 2.28 bits per heavy atom. The summed E-state index contributed by atoms with van der Waals surface area (Å²) in [5.74, 6) is 1.13. The summed E-state index contributed by atoms with van der Waals surface area (Å²) >= 11 is 0. The van der Waals surface area contributed by atoms with E-state index in [1.807, 2.05) is 9.80 Å². The van der Waals surface area contributed by atoms with Gasteiger partial charge in [0.25, 0.3) is 18.4 Å². The zero-order valence-corrected chi connectivity index (χ0v) is 15.5. The summed E-state index contributed by atoms with van der Waals surface area (Å²) in [4.78, 5) is 24.3. The first-order chi connectivity index (χ1) is 13.9. The lowest BCUT2D eigenvalue weighted by molar-refractivity contribution is 0.119. The van der Waals surface area contributed by atoms with Crippen molar-refractivity contribution in [3.05, 3.63) is 40.2 Å². The van der Waals surface area contributed by atoms with E-state index in [1.165, 1.54) is 18.3 Å². The molecule has 0 atom stereocenters. The number of nitrogens with zero attached hydrogens (tertiary/aromatic N) is 6. The Labute approximate surface area is 164 Å². The van der Waals surface area contributed by atoms with Crippen LogP contribution in [-0.2, 0) is 6.54 Å². The summed E-state index contributed by atoms with van der Waals surface area (Å²) in [6, 6.07) is 2.62. The third-order valence-electron chi connectivity index (χ3n) is 5.05. The number of rotatable bonds is 6. The van der Waals surface area contributed by atoms with E-state index in [9.17, 15) is 22.4 Å². The minimum Gasteiger partial charge on any atom is -0.367 e. The van der Waals surface area contributed by atoms with Gasteiger partial charge in [-0.25, -0.2) is 32.2 Å². The van der Waals surface area contributed by atoms with Crippen LogP contribution in [0.3, 0.4) is 0 Å². The van der Waals surface area contributed by atoms with Crippen molar-refractivity contribution >= 4 is 11.5 Å². The normalized spacial score (nSPS) is 17.4. The molecule has 11 heteroatoms. The van der Waals surface area contributed by atoms with Crippen molar-refractivity contribution < 1.29 is 17.6 Å². The van der Waals surface area contributed by atoms with Crippen LogP contribution in [0.4, 0.5) is 29.1 Å². The summed E-state index contributed by atoms with van der Waals surface area (Å²) in [6.07, 6.45) is -2.07. The number of aromatic nitrogens is 4. The van der Waals surface area contributed by atoms with Gasteiger partial charge in [-0.15, -0.1) is 0 Å². The highest BCUT2D eigenvalue weighted by Crippen LogP contribution is 2.39. The molecule has 0 aromatic carbocycles. The SMILES string of the molecule is O=c1cc(N2CCN(c3cc(C(F)F)nc(C4CC4)n3)CC2)cnn1CC(F)F. The van der Waals surface area contributed by atoms with Gasteiger partial charge in [0, 0.05) is 44.2 Å². The van der Waals surface area contributed by atoms with Gasteiger partial charge < -0.3 is 9.80 Å². The van der Waals surface area contributed by atoms with Crippen LogP contribution in [0.15, 0.2) is 23.1 Å². The standard InChI is InChI=1S/C18H20F4N6O/c19-14(20)10-28-16(29)7-12(9-23-28)26-3-5-27(6-4-26)15-8-13(17(21)22)24-18(25-15)11-1-2-11/h7-9,11,14,17H,1-6,10H2. The van der Waals surface area contributed by atoms with Crippen molar-refractivity contribution in [3.63, 3.8) is 0 Å². The molecular weight excluding hydrogens is 392 g/mol. The Morgan fingerprint density at radius 1 is 1.00 bits per heavy atom. The fourth-order valence-corrected chi connectivity index (χ4v) is 3.33. The first-order valence-corrected chi connectivity index (χ1v) is 9.43. The van der Waals surface area contributed by atoms with E-state index in [1.54, 1.807) is 0 Å². The summed E-state index contributed by atoms with van der Waals surface area (Å²) < 4.78 is 52.0. The maximum absolute atomic E-state index is 13.2. The fourth-order valence-electron chi connectivity index (χ4n) is 3.33. The number of hydrogen-bond acceptors (Lipinski definition) is 6. The maximum Gasteiger partial charge on any atom is 0.280 e. The number of anilines is 2. The Kier molecular flexibility index (Phi) is 5.37. The quantitative estimate of drug-likeness (QED) is 0.679. The molecule has 1 saturated heterocycles. The van der Waals surface area contributed by atoms with Gasteiger partial charge in [-0.05, 0) is 12.8 Å². The molecule has 1 saturated carbocycles. The number of alkyl halides is 4. The van der Waals surface area contributed by atoms with Crippen molar-refractivity contribution in [2.75, 3.05) is 36.0 Å². The van der Waals surface area contributed by atoms with Crippen LogP contribution >= 0.6 is 0 Å². The zero-order valence-electron chi connectivity index (χ0n) is 15.5. The molecule has 0 bridgehead atoms. The number of hydrogen-bond donors (Lipinski definition) is 0. The molecule has 2 aliphatic rings. The number of piperazine rings is 1. The van der Waals surface area contributed by atoms with E-state index in [2.05, 4.69) is 15.1 Å². The monoisotopic (exact) mass is 412 g/mol. The van der Waals surface area contributed by atoms with E-state index in [4.69, 9.17) is 0 Å².